The maximum Gasteiger partial charge on any atom is 0.234 e. The van der Waals surface area contributed by atoms with Gasteiger partial charge in [-0.05, 0) is 36.4 Å². The number of hydrogen-bond donors (Lipinski definition) is 2. The standard InChI is InChI=1S/C15H12BrN5OS/c16-10-4-6-11(7-5-10)18-13(22)9-23-15-19-14(20-21-15)12-3-1-2-8-17-12/h1-8H,9H2,(H,18,22)(H,19,20,21). The predicted molar refractivity (Wildman–Crippen MR) is 93.1 cm³/mol. The maximum atomic E-state index is 11.9. The van der Waals surface area contributed by atoms with Crippen LogP contribution in [0.25, 0.3) is 11.5 Å². The number of rotatable bonds is 5. The van der Waals surface area contributed by atoms with Gasteiger partial charge < -0.3 is 5.32 Å². The highest BCUT2D eigenvalue weighted by Gasteiger charge is 2.09. The van der Waals surface area contributed by atoms with Crippen molar-refractivity contribution in [3.63, 3.8) is 0 Å². The Hall–Kier alpha value is -2.19. The van der Waals surface area contributed by atoms with Crippen molar-refractivity contribution >= 4 is 39.3 Å². The van der Waals surface area contributed by atoms with Gasteiger partial charge in [-0.25, -0.2) is 0 Å². The largest absolute Gasteiger partial charge is 0.325 e. The molecule has 0 fully saturated rings. The van der Waals surface area contributed by atoms with Crippen LogP contribution in [0, 0.1) is 0 Å². The topological polar surface area (TPSA) is 83.6 Å². The number of H-pyrrole nitrogens is 1. The number of amides is 1. The van der Waals surface area contributed by atoms with Gasteiger partial charge in [0.2, 0.25) is 11.1 Å². The van der Waals surface area contributed by atoms with E-state index in [0.29, 0.717) is 16.7 Å². The first kappa shape index (κ1) is 15.7. The van der Waals surface area contributed by atoms with Crippen molar-refractivity contribution in [3.8, 4) is 11.5 Å². The molecule has 23 heavy (non-hydrogen) atoms. The van der Waals surface area contributed by atoms with E-state index in [4.69, 9.17) is 0 Å². The molecule has 2 aromatic heterocycles. The number of benzene rings is 1. The SMILES string of the molecule is O=C(CSc1n[nH]c(-c2ccccn2)n1)Nc1ccc(Br)cc1. The van der Waals surface area contributed by atoms with Crippen molar-refractivity contribution in [1.29, 1.82) is 0 Å². The summed E-state index contributed by atoms with van der Waals surface area (Å²) in [6, 6.07) is 13.0. The van der Waals surface area contributed by atoms with E-state index < -0.39 is 0 Å². The molecule has 0 atom stereocenters. The normalized spacial score (nSPS) is 10.5. The Labute approximate surface area is 145 Å². The highest BCUT2D eigenvalue weighted by atomic mass is 79.9. The van der Waals surface area contributed by atoms with E-state index >= 15 is 0 Å². The molecule has 2 heterocycles. The Bertz CT molecular complexity index is 791. The second kappa shape index (κ2) is 7.38. The summed E-state index contributed by atoms with van der Waals surface area (Å²) >= 11 is 4.62. The second-order valence-electron chi connectivity index (χ2n) is 4.53. The molecule has 0 unspecified atom stereocenters. The van der Waals surface area contributed by atoms with Crippen molar-refractivity contribution in [2.24, 2.45) is 0 Å². The first-order valence-corrected chi connectivity index (χ1v) is 8.50. The third kappa shape index (κ3) is 4.40. The van der Waals surface area contributed by atoms with E-state index in [0.717, 1.165) is 10.2 Å². The smallest absolute Gasteiger partial charge is 0.234 e. The lowest BCUT2D eigenvalue weighted by molar-refractivity contribution is -0.113. The summed E-state index contributed by atoms with van der Waals surface area (Å²) in [5, 5.41) is 10.2. The van der Waals surface area contributed by atoms with Gasteiger partial charge in [0.25, 0.3) is 0 Å². The molecule has 3 rings (SSSR count). The molecule has 116 valence electrons. The minimum atomic E-state index is -0.110. The molecule has 6 nitrogen and oxygen atoms in total. The van der Waals surface area contributed by atoms with Gasteiger partial charge in [-0.2, -0.15) is 4.98 Å². The lowest BCUT2D eigenvalue weighted by Gasteiger charge is -2.03. The molecule has 3 aromatic rings. The van der Waals surface area contributed by atoms with Crippen LogP contribution < -0.4 is 5.32 Å². The average molecular weight is 390 g/mol. The third-order valence-corrected chi connectivity index (χ3v) is 4.21. The fraction of sp³-hybridized carbons (Fsp3) is 0.0667. The van der Waals surface area contributed by atoms with E-state index in [-0.39, 0.29) is 11.7 Å². The number of thioether (sulfide) groups is 1. The number of aromatic amines is 1. The quantitative estimate of drug-likeness (QED) is 0.653. The number of aromatic nitrogens is 4. The van der Waals surface area contributed by atoms with Gasteiger partial charge in [0.1, 0.15) is 5.69 Å². The molecule has 0 aliphatic heterocycles. The van der Waals surface area contributed by atoms with Crippen molar-refractivity contribution in [3.05, 3.63) is 53.1 Å². The minimum Gasteiger partial charge on any atom is -0.325 e. The molecule has 0 bridgehead atoms. The zero-order valence-electron chi connectivity index (χ0n) is 11.9. The molecule has 2 N–H and O–H groups in total. The van der Waals surface area contributed by atoms with Crippen LogP contribution in [0.4, 0.5) is 5.69 Å². The molecule has 1 amide bonds. The van der Waals surface area contributed by atoms with Gasteiger partial charge in [-0.15, -0.1) is 5.10 Å². The summed E-state index contributed by atoms with van der Waals surface area (Å²) in [4.78, 5) is 20.4. The van der Waals surface area contributed by atoms with Crippen molar-refractivity contribution in [2.75, 3.05) is 11.1 Å². The molecular formula is C15H12BrN5OS. The van der Waals surface area contributed by atoms with Crippen LogP contribution in [0.1, 0.15) is 0 Å². The molecule has 1 aromatic carbocycles. The number of hydrogen-bond acceptors (Lipinski definition) is 5. The summed E-state index contributed by atoms with van der Waals surface area (Å²) in [6.07, 6.45) is 1.69. The van der Waals surface area contributed by atoms with Crippen LogP contribution >= 0.6 is 27.7 Å². The Kier molecular flexibility index (Phi) is 5.04. The van der Waals surface area contributed by atoms with Crippen molar-refractivity contribution in [1.82, 2.24) is 20.2 Å². The summed E-state index contributed by atoms with van der Waals surface area (Å²) in [7, 11) is 0. The zero-order valence-corrected chi connectivity index (χ0v) is 14.3. The molecular weight excluding hydrogens is 378 g/mol. The van der Waals surface area contributed by atoms with Gasteiger partial charge in [-0.1, -0.05) is 33.8 Å². The fourth-order valence-electron chi connectivity index (χ4n) is 1.79. The number of halogens is 1. The minimum absolute atomic E-state index is 0.110. The molecule has 8 heteroatoms. The van der Waals surface area contributed by atoms with E-state index in [9.17, 15) is 4.79 Å². The van der Waals surface area contributed by atoms with Crippen LogP contribution in [0.2, 0.25) is 0 Å². The summed E-state index contributed by atoms with van der Waals surface area (Å²) < 4.78 is 0.965. The highest BCUT2D eigenvalue weighted by molar-refractivity contribution is 9.10. The Morgan fingerprint density at radius 1 is 1.22 bits per heavy atom. The van der Waals surface area contributed by atoms with Crippen LogP contribution in [-0.2, 0) is 4.79 Å². The van der Waals surface area contributed by atoms with Crippen LogP contribution in [0.5, 0.6) is 0 Å². The summed E-state index contributed by atoms with van der Waals surface area (Å²) in [5.74, 6) is 0.707. The Morgan fingerprint density at radius 2 is 2.04 bits per heavy atom. The monoisotopic (exact) mass is 389 g/mol. The van der Waals surface area contributed by atoms with Crippen LogP contribution in [0.15, 0.2) is 58.3 Å². The van der Waals surface area contributed by atoms with Gasteiger partial charge in [0.15, 0.2) is 5.82 Å². The van der Waals surface area contributed by atoms with E-state index in [1.807, 2.05) is 42.5 Å². The molecule has 0 aliphatic carbocycles. The maximum absolute atomic E-state index is 11.9. The molecule has 0 aliphatic rings. The van der Waals surface area contributed by atoms with Crippen molar-refractivity contribution in [2.45, 2.75) is 5.16 Å². The van der Waals surface area contributed by atoms with Crippen LogP contribution in [0.3, 0.4) is 0 Å². The molecule has 0 saturated heterocycles. The zero-order chi connectivity index (χ0) is 16.1. The van der Waals surface area contributed by atoms with Crippen LogP contribution in [-0.4, -0.2) is 31.8 Å². The molecule has 0 spiro atoms. The summed E-state index contributed by atoms with van der Waals surface area (Å²) in [6.45, 7) is 0. The number of nitrogens with zero attached hydrogens (tertiary/aromatic N) is 3. The lowest BCUT2D eigenvalue weighted by atomic mass is 10.3. The number of carbonyl (C=O) groups excluding carboxylic acids is 1. The number of anilines is 1. The van der Waals surface area contributed by atoms with E-state index in [1.54, 1.807) is 6.20 Å². The Balaban J connectivity index is 1.55. The molecule has 0 saturated carbocycles. The van der Waals surface area contributed by atoms with Crippen molar-refractivity contribution < 1.29 is 4.79 Å². The van der Waals surface area contributed by atoms with Gasteiger partial charge in [-0.3, -0.25) is 14.9 Å². The first-order chi connectivity index (χ1) is 11.2. The van der Waals surface area contributed by atoms with E-state index in [1.165, 1.54) is 11.8 Å². The molecule has 0 radical (unpaired) electrons. The first-order valence-electron chi connectivity index (χ1n) is 6.73. The van der Waals surface area contributed by atoms with Gasteiger partial charge >= 0.3 is 0 Å². The average Bonchev–Trinajstić information content (AvgIpc) is 3.05. The van der Waals surface area contributed by atoms with Gasteiger partial charge in [0, 0.05) is 16.4 Å². The van der Waals surface area contributed by atoms with E-state index in [2.05, 4.69) is 41.4 Å². The third-order valence-electron chi connectivity index (χ3n) is 2.83. The lowest BCUT2D eigenvalue weighted by Crippen LogP contribution is -2.13. The van der Waals surface area contributed by atoms with Gasteiger partial charge in [0.05, 0.1) is 5.75 Å². The Morgan fingerprint density at radius 3 is 2.78 bits per heavy atom. The summed E-state index contributed by atoms with van der Waals surface area (Å²) in [5.41, 5.74) is 1.47. The highest BCUT2D eigenvalue weighted by Crippen LogP contribution is 2.18. The fourth-order valence-corrected chi connectivity index (χ4v) is 2.65. The second-order valence-corrected chi connectivity index (χ2v) is 6.38. The number of carbonyl (C=O) groups is 1. The number of nitrogens with one attached hydrogen (secondary N) is 2. The number of pyridine rings is 1. The predicted octanol–water partition coefficient (Wildman–Crippen LogP) is 3.36.